The van der Waals surface area contributed by atoms with Crippen molar-refractivity contribution in [2.24, 2.45) is 0 Å². The summed E-state index contributed by atoms with van der Waals surface area (Å²) < 4.78 is 20.2. The second-order valence-corrected chi connectivity index (χ2v) is 20.1. The first-order valence-electron chi connectivity index (χ1n) is 15.6. The third-order valence-electron chi connectivity index (χ3n) is 8.42. The maximum absolute atomic E-state index is 12.8. The summed E-state index contributed by atoms with van der Waals surface area (Å²) in [7, 11) is -1.13. The highest BCUT2D eigenvalue weighted by Crippen LogP contribution is 2.42. The van der Waals surface area contributed by atoms with Gasteiger partial charge in [0.1, 0.15) is 12.3 Å². The van der Waals surface area contributed by atoms with Gasteiger partial charge in [-0.25, -0.2) is 9.48 Å². The average molecular weight is 592 g/mol. The van der Waals surface area contributed by atoms with Crippen molar-refractivity contribution in [1.82, 2.24) is 14.7 Å². The standard InChI is InChI=1S/C34H49N3O4Si/c1-33(2,3)41-32(38)36-16-14-34(15-17-36,30-10-8-7-9-11-30)24-40-23-29-21-27(26-12-13-26)20-28-22-37(35-31(28)29)25-39-18-19-42(4,5)6/h7-11,20-22,26H,12-19,23-25H2,1-6H3. The molecule has 3 aromatic rings. The number of nitrogens with zero attached hydrogens (tertiary/aromatic N) is 3. The monoisotopic (exact) mass is 591 g/mol. The molecule has 0 spiro atoms. The third-order valence-corrected chi connectivity index (χ3v) is 10.1. The molecule has 2 fully saturated rings. The number of aromatic nitrogens is 2. The van der Waals surface area contributed by atoms with Crippen LogP contribution in [-0.4, -0.2) is 60.8 Å². The van der Waals surface area contributed by atoms with Gasteiger partial charge in [-0.1, -0.05) is 56.0 Å². The second kappa shape index (κ2) is 12.5. The summed E-state index contributed by atoms with van der Waals surface area (Å²) in [6.07, 6.45) is 6.06. The zero-order valence-electron chi connectivity index (χ0n) is 26.4. The molecule has 228 valence electrons. The number of carbonyl (C=O) groups is 1. The highest BCUT2D eigenvalue weighted by molar-refractivity contribution is 6.76. The molecule has 2 heterocycles. The van der Waals surface area contributed by atoms with Crippen LogP contribution < -0.4 is 0 Å². The summed E-state index contributed by atoms with van der Waals surface area (Å²) in [5.41, 5.74) is 4.15. The van der Waals surface area contributed by atoms with E-state index in [-0.39, 0.29) is 11.5 Å². The highest BCUT2D eigenvalue weighted by atomic mass is 28.3. The zero-order chi connectivity index (χ0) is 30.0. The van der Waals surface area contributed by atoms with Crippen molar-refractivity contribution in [2.45, 2.75) is 102 Å². The SMILES string of the molecule is CC(C)(C)OC(=O)N1CCC(COCc2cc(C3CC3)cc3cn(COCC[Si](C)(C)C)nc23)(c2ccccc2)CC1. The van der Waals surface area contributed by atoms with Gasteiger partial charge >= 0.3 is 6.09 Å². The summed E-state index contributed by atoms with van der Waals surface area (Å²) in [6, 6.07) is 16.4. The fraction of sp³-hybridized carbons (Fsp3) is 0.588. The van der Waals surface area contributed by atoms with E-state index in [1.54, 1.807) is 0 Å². The van der Waals surface area contributed by atoms with Gasteiger partial charge in [-0.2, -0.15) is 5.10 Å². The Balaban J connectivity index is 1.29. The van der Waals surface area contributed by atoms with Crippen LogP contribution in [0, 0.1) is 0 Å². The smallest absolute Gasteiger partial charge is 0.410 e. The van der Waals surface area contributed by atoms with Crippen LogP contribution in [0.2, 0.25) is 25.7 Å². The van der Waals surface area contributed by atoms with E-state index >= 15 is 0 Å². The first-order valence-corrected chi connectivity index (χ1v) is 19.3. The lowest BCUT2D eigenvalue weighted by Crippen LogP contribution is -2.48. The molecule has 2 aliphatic rings. The highest BCUT2D eigenvalue weighted by Gasteiger charge is 2.39. The maximum atomic E-state index is 12.8. The number of carbonyl (C=O) groups excluding carboxylic acids is 1. The van der Waals surface area contributed by atoms with Crippen LogP contribution >= 0.6 is 0 Å². The maximum Gasteiger partial charge on any atom is 0.410 e. The number of hydrogen-bond donors (Lipinski definition) is 0. The van der Waals surface area contributed by atoms with Crippen LogP contribution in [0.4, 0.5) is 4.79 Å². The Morgan fingerprint density at radius 2 is 1.76 bits per heavy atom. The van der Waals surface area contributed by atoms with Gasteiger partial charge in [0.15, 0.2) is 0 Å². The second-order valence-electron chi connectivity index (χ2n) is 14.5. The van der Waals surface area contributed by atoms with E-state index in [4.69, 9.17) is 19.3 Å². The molecule has 1 aliphatic carbocycles. The van der Waals surface area contributed by atoms with Gasteiger partial charge in [-0.05, 0) is 75.6 Å². The summed E-state index contributed by atoms with van der Waals surface area (Å²) in [6.45, 7) is 16.5. The zero-order valence-corrected chi connectivity index (χ0v) is 27.4. The fourth-order valence-corrected chi connectivity index (χ4v) is 6.51. The van der Waals surface area contributed by atoms with E-state index in [2.05, 4.69) is 68.3 Å². The molecule has 42 heavy (non-hydrogen) atoms. The molecule has 0 bridgehead atoms. The number of fused-ring (bicyclic) bond motifs is 1. The quantitative estimate of drug-likeness (QED) is 0.169. The van der Waals surface area contributed by atoms with E-state index in [0.29, 0.717) is 39.0 Å². The van der Waals surface area contributed by atoms with Crippen molar-refractivity contribution < 1.29 is 19.0 Å². The molecule has 1 amide bonds. The number of benzene rings is 2. The van der Waals surface area contributed by atoms with Crippen molar-refractivity contribution in [3.63, 3.8) is 0 Å². The number of rotatable bonds is 11. The summed E-state index contributed by atoms with van der Waals surface area (Å²) >= 11 is 0. The lowest BCUT2D eigenvalue weighted by molar-refractivity contribution is 0.00341. The molecular formula is C34H49N3O4Si. The van der Waals surface area contributed by atoms with Crippen LogP contribution in [0.5, 0.6) is 0 Å². The van der Waals surface area contributed by atoms with Gasteiger partial charge in [-0.15, -0.1) is 0 Å². The molecule has 1 saturated heterocycles. The number of ether oxygens (including phenoxy) is 3. The van der Waals surface area contributed by atoms with Crippen molar-refractivity contribution in [3.8, 4) is 0 Å². The predicted octanol–water partition coefficient (Wildman–Crippen LogP) is 7.71. The lowest BCUT2D eigenvalue weighted by Gasteiger charge is -2.42. The molecule has 0 unspecified atom stereocenters. The lowest BCUT2D eigenvalue weighted by atomic mass is 9.73. The van der Waals surface area contributed by atoms with Crippen molar-refractivity contribution in [1.29, 1.82) is 0 Å². The van der Waals surface area contributed by atoms with Crippen LogP contribution in [0.3, 0.4) is 0 Å². The molecule has 5 rings (SSSR count). The fourth-order valence-electron chi connectivity index (χ4n) is 5.76. The van der Waals surface area contributed by atoms with Crippen LogP contribution in [0.15, 0.2) is 48.7 Å². The number of amides is 1. The molecule has 1 aromatic heterocycles. The number of hydrogen-bond acceptors (Lipinski definition) is 5. The molecule has 0 N–H and O–H groups in total. The van der Waals surface area contributed by atoms with Gasteiger partial charge in [0.05, 0.1) is 18.7 Å². The minimum atomic E-state index is -1.13. The van der Waals surface area contributed by atoms with Gasteiger partial charge in [0.2, 0.25) is 0 Å². The topological polar surface area (TPSA) is 65.8 Å². The Labute approximate surface area is 252 Å². The minimum Gasteiger partial charge on any atom is -0.444 e. The van der Waals surface area contributed by atoms with Crippen LogP contribution in [-0.2, 0) is 33.0 Å². The molecule has 0 atom stereocenters. The Bertz CT molecular complexity index is 1350. The van der Waals surface area contributed by atoms with E-state index < -0.39 is 13.7 Å². The summed E-state index contributed by atoms with van der Waals surface area (Å²) in [5, 5.41) is 6.09. The first-order chi connectivity index (χ1) is 19.9. The Hall–Kier alpha value is -2.68. The van der Waals surface area contributed by atoms with Crippen LogP contribution in [0.1, 0.15) is 69.1 Å². The Kier molecular flexibility index (Phi) is 9.16. The van der Waals surface area contributed by atoms with E-state index in [0.717, 1.165) is 42.0 Å². The first kappa shape index (κ1) is 30.8. The minimum absolute atomic E-state index is 0.156. The third kappa shape index (κ3) is 8.02. The van der Waals surface area contributed by atoms with Gasteiger partial charge in [-0.3, -0.25) is 0 Å². The van der Waals surface area contributed by atoms with Gasteiger partial charge in [0, 0.05) is 50.3 Å². The largest absolute Gasteiger partial charge is 0.444 e. The molecular weight excluding hydrogens is 542 g/mol. The number of likely N-dealkylation sites (tertiary alicyclic amines) is 1. The molecule has 8 heteroatoms. The van der Waals surface area contributed by atoms with E-state index in [1.165, 1.54) is 24.0 Å². The van der Waals surface area contributed by atoms with Gasteiger partial charge < -0.3 is 19.1 Å². The van der Waals surface area contributed by atoms with Crippen molar-refractivity contribution >= 4 is 25.1 Å². The summed E-state index contributed by atoms with van der Waals surface area (Å²) in [5.74, 6) is 0.650. The predicted molar refractivity (Wildman–Crippen MR) is 171 cm³/mol. The Morgan fingerprint density at radius 1 is 1.05 bits per heavy atom. The molecule has 0 radical (unpaired) electrons. The average Bonchev–Trinajstić information content (AvgIpc) is 3.70. The van der Waals surface area contributed by atoms with E-state index in [9.17, 15) is 4.79 Å². The van der Waals surface area contributed by atoms with E-state index in [1.807, 2.05) is 30.4 Å². The molecule has 7 nitrogen and oxygen atoms in total. The van der Waals surface area contributed by atoms with Gasteiger partial charge in [0.25, 0.3) is 0 Å². The van der Waals surface area contributed by atoms with Crippen molar-refractivity contribution in [3.05, 3.63) is 65.4 Å². The Morgan fingerprint density at radius 3 is 2.40 bits per heavy atom. The molecule has 1 aliphatic heterocycles. The summed E-state index contributed by atoms with van der Waals surface area (Å²) in [4.78, 5) is 14.6. The molecule has 2 aromatic carbocycles. The number of piperidine rings is 1. The van der Waals surface area contributed by atoms with Crippen LogP contribution in [0.25, 0.3) is 10.9 Å². The van der Waals surface area contributed by atoms with Crippen molar-refractivity contribution in [2.75, 3.05) is 26.3 Å². The normalized spacial score (nSPS) is 17.5. The molecule has 1 saturated carbocycles.